The van der Waals surface area contributed by atoms with Gasteiger partial charge in [-0.2, -0.15) is 11.8 Å². The normalized spacial score (nSPS) is 26.6. The summed E-state index contributed by atoms with van der Waals surface area (Å²) in [6.45, 7) is 1.21. The van der Waals surface area contributed by atoms with Gasteiger partial charge < -0.3 is 25.0 Å². The molecule has 1 unspecified atom stereocenters. The van der Waals surface area contributed by atoms with Crippen LogP contribution < -0.4 is 5.32 Å². The zero-order valence-corrected chi connectivity index (χ0v) is 14.1. The van der Waals surface area contributed by atoms with Crippen molar-refractivity contribution in [3.63, 3.8) is 0 Å². The van der Waals surface area contributed by atoms with Gasteiger partial charge in [0.05, 0.1) is 19.3 Å². The Morgan fingerprint density at radius 1 is 1.43 bits per heavy atom. The van der Waals surface area contributed by atoms with Gasteiger partial charge in [-0.15, -0.1) is 0 Å². The number of thioether (sulfide) groups is 1. The van der Waals surface area contributed by atoms with Crippen LogP contribution in [0.2, 0.25) is 0 Å². The third kappa shape index (κ3) is 4.99. The topological polar surface area (TPSA) is 105 Å². The third-order valence-electron chi connectivity index (χ3n) is 4.26. The second-order valence-electron chi connectivity index (χ2n) is 6.53. The van der Waals surface area contributed by atoms with Crippen molar-refractivity contribution in [1.29, 1.82) is 0 Å². The maximum Gasteiger partial charge on any atom is 0.407 e. The Kier molecular flexibility index (Phi) is 6.55. The molecule has 0 spiro atoms. The Labute approximate surface area is 140 Å². The molecule has 1 amide bonds. The minimum Gasteiger partial charge on any atom is -0.465 e. The van der Waals surface area contributed by atoms with Crippen molar-refractivity contribution in [2.75, 3.05) is 25.6 Å². The van der Waals surface area contributed by atoms with E-state index in [1.807, 2.05) is 0 Å². The Morgan fingerprint density at radius 2 is 2.17 bits per heavy atom. The lowest BCUT2D eigenvalue weighted by atomic mass is 9.94. The van der Waals surface area contributed by atoms with Crippen LogP contribution in [0.4, 0.5) is 4.79 Å². The first-order chi connectivity index (χ1) is 11.0. The fourth-order valence-electron chi connectivity index (χ4n) is 2.60. The van der Waals surface area contributed by atoms with Crippen molar-refractivity contribution in [1.82, 2.24) is 5.32 Å². The summed E-state index contributed by atoms with van der Waals surface area (Å²) in [4.78, 5) is 22.9. The highest BCUT2D eigenvalue weighted by Gasteiger charge is 2.44. The van der Waals surface area contributed by atoms with Gasteiger partial charge in [-0.1, -0.05) is 13.3 Å². The van der Waals surface area contributed by atoms with Gasteiger partial charge in [0.1, 0.15) is 12.7 Å². The molecule has 23 heavy (non-hydrogen) atoms. The number of fused-ring (bicyclic) bond motifs is 1. The molecule has 7 nitrogen and oxygen atoms in total. The largest absolute Gasteiger partial charge is 0.465 e. The molecule has 0 saturated carbocycles. The monoisotopic (exact) mass is 347 g/mol. The summed E-state index contributed by atoms with van der Waals surface area (Å²) in [5, 5.41) is 21.4. The molecule has 2 saturated heterocycles. The Hall–Kier alpha value is -0.990. The van der Waals surface area contributed by atoms with E-state index < -0.39 is 5.41 Å². The average Bonchev–Trinajstić information content (AvgIpc) is 3.08. The first-order valence-electron chi connectivity index (χ1n) is 7.93. The van der Waals surface area contributed by atoms with Gasteiger partial charge in [-0.3, -0.25) is 4.79 Å². The quantitative estimate of drug-likeness (QED) is 0.416. The van der Waals surface area contributed by atoms with Crippen molar-refractivity contribution in [3.8, 4) is 0 Å². The van der Waals surface area contributed by atoms with Gasteiger partial charge in [0, 0.05) is 22.8 Å². The van der Waals surface area contributed by atoms with Crippen molar-refractivity contribution >= 4 is 23.8 Å². The number of esters is 1. The second-order valence-corrected chi connectivity index (χ2v) is 7.80. The molecule has 3 atom stereocenters. The van der Waals surface area contributed by atoms with E-state index in [4.69, 9.17) is 19.7 Å². The molecule has 2 fully saturated rings. The number of aliphatic hydroxyl groups excluding tert-OH is 2. The zero-order chi connectivity index (χ0) is 16.9. The third-order valence-corrected chi connectivity index (χ3v) is 5.75. The smallest absolute Gasteiger partial charge is 0.407 e. The van der Waals surface area contributed by atoms with Crippen molar-refractivity contribution in [2.24, 2.45) is 5.41 Å². The van der Waals surface area contributed by atoms with Crippen LogP contribution >= 0.6 is 11.8 Å². The molecule has 0 aromatic heterocycles. The van der Waals surface area contributed by atoms with Crippen molar-refractivity contribution in [3.05, 3.63) is 0 Å². The molecule has 2 aliphatic heterocycles. The van der Waals surface area contributed by atoms with Crippen LogP contribution in [-0.4, -0.2) is 65.2 Å². The van der Waals surface area contributed by atoms with Gasteiger partial charge in [0.2, 0.25) is 0 Å². The molecular weight excluding hydrogens is 322 g/mol. The summed E-state index contributed by atoms with van der Waals surface area (Å²) in [6, 6.07) is 0.122. The number of alkyl carbamates (subject to hydrolysis) is 1. The van der Waals surface area contributed by atoms with Crippen LogP contribution in [0.1, 0.15) is 32.6 Å². The van der Waals surface area contributed by atoms with Crippen LogP contribution in [0.3, 0.4) is 0 Å². The highest BCUT2D eigenvalue weighted by atomic mass is 32.2. The minimum absolute atomic E-state index is 0.0166. The standard InChI is InChI=1S/C15H25NO6S/c1-15(7-17,8-18)9-21-12(19)5-3-2-4-11-13-10(6-23-11)16-14(20)22-13/h10-11,13,17-18H,2-9H2,1H3,(H,16,20)/t10?,11-,13-/m0/s1. The summed E-state index contributed by atoms with van der Waals surface area (Å²) in [6.07, 6.45) is 2.42. The molecule has 0 aliphatic carbocycles. The number of amides is 1. The maximum atomic E-state index is 11.7. The fourth-order valence-corrected chi connectivity index (χ4v) is 4.09. The number of hydrogen-bond acceptors (Lipinski definition) is 7. The van der Waals surface area contributed by atoms with E-state index in [1.54, 1.807) is 18.7 Å². The maximum absolute atomic E-state index is 11.7. The number of nitrogens with one attached hydrogen (secondary N) is 1. The molecule has 0 aromatic rings. The lowest BCUT2D eigenvalue weighted by molar-refractivity contribution is -0.149. The summed E-state index contributed by atoms with van der Waals surface area (Å²) in [7, 11) is 0. The number of carbonyl (C=O) groups is 2. The Morgan fingerprint density at radius 3 is 2.87 bits per heavy atom. The molecular formula is C15H25NO6S. The van der Waals surface area contributed by atoms with Gasteiger partial charge in [0.15, 0.2) is 0 Å². The summed E-state index contributed by atoms with van der Waals surface area (Å²) < 4.78 is 10.4. The van der Waals surface area contributed by atoms with Crippen LogP contribution in [0.25, 0.3) is 0 Å². The number of rotatable bonds is 9. The van der Waals surface area contributed by atoms with E-state index in [2.05, 4.69) is 5.32 Å². The second kappa shape index (κ2) is 8.21. The molecule has 2 rings (SSSR count). The van der Waals surface area contributed by atoms with Gasteiger partial charge in [0.25, 0.3) is 0 Å². The minimum atomic E-state index is -0.787. The van der Waals surface area contributed by atoms with Crippen LogP contribution in [0, 0.1) is 5.41 Å². The van der Waals surface area contributed by atoms with Gasteiger partial charge in [-0.05, 0) is 12.8 Å². The summed E-state index contributed by atoms with van der Waals surface area (Å²) in [5.74, 6) is 0.563. The highest BCUT2D eigenvalue weighted by molar-refractivity contribution is 8.00. The number of ether oxygens (including phenoxy) is 2. The van der Waals surface area contributed by atoms with E-state index in [9.17, 15) is 9.59 Å². The van der Waals surface area contributed by atoms with Crippen molar-refractivity contribution in [2.45, 2.75) is 50.0 Å². The van der Waals surface area contributed by atoms with E-state index in [-0.39, 0.29) is 44.0 Å². The predicted octanol–water partition coefficient (Wildman–Crippen LogP) is 0.673. The SMILES string of the molecule is CC(CO)(CO)COC(=O)CCCC[C@@H]1SCC2NC(=O)O[C@@H]21. The van der Waals surface area contributed by atoms with Crippen molar-refractivity contribution < 1.29 is 29.3 Å². The molecule has 2 heterocycles. The predicted molar refractivity (Wildman–Crippen MR) is 85.1 cm³/mol. The number of hydrogen-bond donors (Lipinski definition) is 3. The summed E-state index contributed by atoms with van der Waals surface area (Å²) >= 11 is 1.80. The van der Waals surface area contributed by atoms with Crippen LogP contribution in [0.5, 0.6) is 0 Å². The zero-order valence-electron chi connectivity index (χ0n) is 13.3. The van der Waals surface area contributed by atoms with Gasteiger partial charge in [-0.25, -0.2) is 4.79 Å². The molecule has 0 bridgehead atoms. The lowest BCUT2D eigenvalue weighted by Gasteiger charge is -2.23. The highest BCUT2D eigenvalue weighted by Crippen LogP contribution is 2.35. The Balaban J connectivity index is 1.58. The molecule has 0 aromatic carbocycles. The molecule has 132 valence electrons. The number of unbranched alkanes of at least 4 members (excludes halogenated alkanes) is 1. The molecule has 8 heteroatoms. The lowest BCUT2D eigenvalue weighted by Crippen LogP contribution is -2.32. The fraction of sp³-hybridized carbons (Fsp3) is 0.867. The van der Waals surface area contributed by atoms with Crippen LogP contribution in [0.15, 0.2) is 0 Å². The average molecular weight is 347 g/mol. The summed E-state index contributed by atoms with van der Waals surface area (Å²) in [5.41, 5.74) is -0.787. The first kappa shape index (κ1) is 18.4. The van der Waals surface area contributed by atoms with E-state index in [0.29, 0.717) is 18.1 Å². The first-order valence-corrected chi connectivity index (χ1v) is 8.98. The van der Waals surface area contributed by atoms with Gasteiger partial charge >= 0.3 is 12.1 Å². The van der Waals surface area contributed by atoms with Crippen LogP contribution in [-0.2, 0) is 14.3 Å². The van der Waals surface area contributed by atoms with E-state index in [1.165, 1.54) is 0 Å². The Bertz CT molecular complexity index is 428. The van der Waals surface area contributed by atoms with E-state index in [0.717, 1.165) is 18.6 Å². The van der Waals surface area contributed by atoms with E-state index >= 15 is 0 Å². The number of aliphatic hydroxyl groups is 2. The number of carbonyl (C=O) groups excluding carboxylic acids is 2. The molecule has 0 radical (unpaired) electrons. The molecule has 3 N–H and O–H groups in total. The molecule has 2 aliphatic rings.